The van der Waals surface area contributed by atoms with E-state index < -0.39 is 0 Å². The standard InChI is InChI=1S/C14H25N7O.HI/c1-4-15-14(16-10-13-18-17-11-19(13)5-2)21-8-6-20(7-9-21)12(3)22;/h11H,4-10H2,1-3H3,(H,15,16);1H. The molecule has 1 aliphatic heterocycles. The van der Waals surface area contributed by atoms with E-state index in [-0.39, 0.29) is 29.9 Å². The van der Waals surface area contributed by atoms with Crippen LogP contribution in [0.25, 0.3) is 0 Å². The molecular weight excluding hydrogens is 409 g/mol. The molecule has 8 nitrogen and oxygen atoms in total. The van der Waals surface area contributed by atoms with Crippen molar-refractivity contribution in [1.82, 2.24) is 29.9 Å². The van der Waals surface area contributed by atoms with Crippen molar-refractivity contribution in [3.8, 4) is 0 Å². The summed E-state index contributed by atoms with van der Waals surface area (Å²) in [6, 6.07) is 0. The molecule has 0 radical (unpaired) electrons. The predicted molar refractivity (Wildman–Crippen MR) is 99.8 cm³/mol. The van der Waals surface area contributed by atoms with Crippen LogP contribution < -0.4 is 5.32 Å². The van der Waals surface area contributed by atoms with Crippen molar-refractivity contribution in [2.45, 2.75) is 33.9 Å². The van der Waals surface area contributed by atoms with Crippen LogP contribution >= 0.6 is 24.0 Å². The summed E-state index contributed by atoms with van der Waals surface area (Å²) in [7, 11) is 0. The number of nitrogens with one attached hydrogen (secondary N) is 1. The van der Waals surface area contributed by atoms with E-state index in [0.29, 0.717) is 6.54 Å². The first-order valence-corrected chi connectivity index (χ1v) is 7.81. The van der Waals surface area contributed by atoms with E-state index in [2.05, 4.69) is 39.3 Å². The van der Waals surface area contributed by atoms with Gasteiger partial charge >= 0.3 is 0 Å². The second kappa shape index (κ2) is 9.68. The number of aryl methyl sites for hydroxylation is 1. The van der Waals surface area contributed by atoms with Crippen LogP contribution in [0.4, 0.5) is 0 Å². The zero-order chi connectivity index (χ0) is 15.9. The molecular formula is C14H26IN7O. The molecule has 0 aliphatic carbocycles. The lowest BCUT2D eigenvalue weighted by Crippen LogP contribution is -2.53. The molecule has 1 saturated heterocycles. The highest BCUT2D eigenvalue weighted by Gasteiger charge is 2.20. The maximum Gasteiger partial charge on any atom is 0.219 e. The van der Waals surface area contributed by atoms with Gasteiger partial charge in [0.2, 0.25) is 5.91 Å². The summed E-state index contributed by atoms with van der Waals surface area (Å²) in [4.78, 5) is 20.1. The molecule has 0 aromatic carbocycles. The number of carbonyl (C=O) groups excluding carboxylic acids is 1. The van der Waals surface area contributed by atoms with Gasteiger partial charge < -0.3 is 19.7 Å². The Morgan fingerprint density at radius 2 is 1.91 bits per heavy atom. The monoisotopic (exact) mass is 435 g/mol. The van der Waals surface area contributed by atoms with Gasteiger partial charge in [0.25, 0.3) is 0 Å². The molecule has 23 heavy (non-hydrogen) atoms. The molecule has 2 heterocycles. The molecule has 1 aromatic heterocycles. The minimum absolute atomic E-state index is 0. The van der Waals surface area contributed by atoms with E-state index in [1.54, 1.807) is 13.3 Å². The highest BCUT2D eigenvalue weighted by Crippen LogP contribution is 2.04. The summed E-state index contributed by atoms with van der Waals surface area (Å²) in [6.07, 6.45) is 1.73. The average Bonchev–Trinajstić information content (AvgIpc) is 2.99. The minimum atomic E-state index is 0. The van der Waals surface area contributed by atoms with Gasteiger partial charge in [-0.15, -0.1) is 34.2 Å². The van der Waals surface area contributed by atoms with Gasteiger partial charge in [-0.3, -0.25) is 4.79 Å². The van der Waals surface area contributed by atoms with Gasteiger partial charge in [-0.05, 0) is 13.8 Å². The van der Waals surface area contributed by atoms with Crippen molar-refractivity contribution in [1.29, 1.82) is 0 Å². The number of hydrogen-bond acceptors (Lipinski definition) is 4. The molecule has 1 N–H and O–H groups in total. The molecule has 0 atom stereocenters. The predicted octanol–water partition coefficient (Wildman–Crippen LogP) is 0.546. The van der Waals surface area contributed by atoms with Crippen molar-refractivity contribution < 1.29 is 4.79 Å². The van der Waals surface area contributed by atoms with Gasteiger partial charge in [0, 0.05) is 46.2 Å². The molecule has 0 bridgehead atoms. The first-order valence-electron chi connectivity index (χ1n) is 7.81. The summed E-state index contributed by atoms with van der Waals surface area (Å²) in [6.45, 7) is 11.0. The molecule has 1 aromatic rings. The third-order valence-corrected chi connectivity index (χ3v) is 3.77. The average molecular weight is 435 g/mol. The fourth-order valence-corrected chi connectivity index (χ4v) is 2.47. The summed E-state index contributed by atoms with van der Waals surface area (Å²) in [5, 5.41) is 11.3. The van der Waals surface area contributed by atoms with E-state index in [9.17, 15) is 4.79 Å². The Kier molecular flexibility index (Phi) is 8.28. The van der Waals surface area contributed by atoms with E-state index in [1.165, 1.54) is 0 Å². The number of piperazine rings is 1. The largest absolute Gasteiger partial charge is 0.357 e. The summed E-state index contributed by atoms with van der Waals surface area (Å²) >= 11 is 0. The zero-order valence-electron chi connectivity index (χ0n) is 14.0. The van der Waals surface area contributed by atoms with E-state index in [0.717, 1.165) is 51.1 Å². The third-order valence-electron chi connectivity index (χ3n) is 3.77. The van der Waals surface area contributed by atoms with Crippen molar-refractivity contribution in [2.24, 2.45) is 4.99 Å². The van der Waals surface area contributed by atoms with Crippen LogP contribution in [-0.4, -0.2) is 69.2 Å². The van der Waals surface area contributed by atoms with Crippen molar-refractivity contribution >= 4 is 35.8 Å². The van der Waals surface area contributed by atoms with E-state index in [1.807, 2.05) is 9.47 Å². The van der Waals surface area contributed by atoms with Gasteiger partial charge in [-0.1, -0.05) is 0 Å². The SMILES string of the molecule is CCNC(=NCc1nncn1CC)N1CCN(C(C)=O)CC1.I. The summed E-state index contributed by atoms with van der Waals surface area (Å²) in [5.74, 6) is 1.87. The summed E-state index contributed by atoms with van der Waals surface area (Å²) in [5.41, 5.74) is 0. The topological polar surface area (TPSA) is 78.7 Å². The Bertz CT molecular complexity index is 523. The van der Waals surface area contributed by atoms with Crippen LogP contribution in [0, 0.1) is 0 Å². The Morgan fingerprint density at radius 3 is 2.48 bits per heavy atom. The number of carbonyl (C=O) groups is 1. The van der Waals surface area contributed by atoms with Crippen LogP contribution in [0.5, 0.6) is 0 Å². The Balaban J connectivity index is 0.00000264. The minimum Gasteiger partial charge on any atom is -0.357 e. The number of rotatable bonds is 4. The van der Waals surface area contributed by atoms with Crippen molar-refractivity contribution in [2.75, 3.05) is 32.7 Å². The van der Waals surface area contributed by atoms with Gasteiger partial charge in [0.05, 0.1) is 0 Å². The maximum atomic E-state index is 11.4. The second-order valence-corrected chi connectivity index (χ2v) is 5.20. The Hall–Kier alpha value is -1.39. The summed E-state index contributed by atoms with van der Waals surface area (Å²) < 4.78 is 1.99. The first-order chi connectivity index (χ1) is 10.7. The second-order valence-electron chi connectivity index (χ2n) is 5.20. The van der Waals surface area contributed by atoms with Crippen LogP contribution in [0.3, 0.4) is 0 Å². The number of aliphatic imine (C=N–C) groups is 1. The number of hydrogen-bond donors (Lipinski definition) is 1. The Labute approximate surface area is 154 Å². The van der Waals surface area contributed by atoms with E-state index in [4.69, 9.17) is 0 Å². The lowest BCUT2D eigenvalue weighted by molar-refractivity contribution is -0.130. The number of halogens is 1. The lowest BCUT2D eigenvalue weighted by Gasteiger charge is -2.36. The molecule has 1 aliphatic rings. The molecule has 0 saturated carbocycles. The molecule has 1 fully saturated rings. The number of guanidine groups is 1. The van der Waals surface area contributed by atoms with Crippen LogP contribution in [0.15, 0.2) is 11.3 Å². The van der Waals surface area contributed by atoms with Gasteiger partial charge in [0.1, 0.15) is 12.9 Å². The van der Waals surface area contributed by atoms with Crippen molar-refractivity contribution in [3.63, 3.8) is 0 Å². The van der Waals surface area contributed by atoms with E-state index >= 15 is 0 Å². The number of nitrogens with zero attached hydrogens (tertiary/aromatic N) is 6. The smallest absolute Gasteiger partial charge is 0.219 e. The van der Waals surface area contributed by atoms with Gasteiger partial charge in [0.15, 0.2) is 11.8 Å². The molecule has 1 amide bonds. The molecule has 0 spiro atoms. The fourth-order valence-electron chi connectivity index (χ4n) is 2.47. The zero-order valence-corrected chi connectivity index (χ0v) is 16.4. The third kappa shape index (κ3) is 5.33. The maximum absolute atomic E-state index is 11.4. The van der Waals surface area contributed by atoms with Gasteiger partial charge in [-0.2, -0.15) is 0 Å². The van der Waals surface area contributed by atoms with Crippen LogP contribution in [0.2, 0.25) is 0 Å². The lowest BCUT2D eigenvalue weighted by atomic mass is 10.3. The Morgan fingerprint density at radius 1 is 1.26 bits per heavy atom. The normalized spacial score (nSPS) is 15.3. The number of aromatic nitrogens is 3. The highest BCUT2D eigenvalue weighted by atomic mass is 127. The van der Waals surface area contributed by atoms with Crippen LogP contribution in [-0.2, 0) is 17.9 Å². The molecule has 9 heteroatoms. The highest BCUT2D eigenvalue weighted by molar-refractivity contribution is 14.0. The molecule has 130 valence electrons. The van der Waals surface area contributed by atoms with Gasteiger partial charge in [-0.25, -0.2) is 4.99 Å². The molecule has 0 unspecified atom stereocenters. The molecule has 2 rings (SSSR count). The first kappa shape index (κ1) is 19.7. The van der Waals surface area contributed by atoms with Crippen LogP contribution in [0.1, 0.15) is 26.6 Å². The quantitative estimate of drug-likeness (QED) is 0.425. The van der Waals surface area contributed by atoms with Crippen molar-refractivity contribution in [3.05, 3.63) is 12.2 Å². The fraction of sp³-hybridized carbons (Fsp3) is 0.714. The number of amides is 1.